The summed E-state index contributed by atoms with van der Waals surface area (Å²) in [5.41, 5.74) is 0.775. The van der Waals surface area contributed by atoms with E-state index in [1.165, 1.54) is 13.2 Å². The molecule has 6 nitrogen and oxygen atoms in total. The number of aliphatic imine (C=N–C) groups is 1. The Morgan fingerprint density at radius 1 is 1.19 bits per heavy atom. The summed E-state index contributed by atoms with van der Waals surface area (Å²) in [5.74, 6) is 1.77. The summed E-state index contributed by atoms with van der Waals surface area (Å²) in [7, 11) is 1.38. The van der Waals surface area contributed by atoms with E-state index < -0.39 is 12.8 Å². The summed E-state index contributed by atoms with van der Waals surface area (Å²) in [5, 5.41) is 15.7. The molecule has 0 fully saturated rings. The van der Waals surface area contributed by atoms with E-state index in [1.807, 2.05) is 6.92 Å². The van der Waals surface area contributed by atoms with Crippen LogP contribution in [-0.4, -0.2) is 50.7 Å². The van der Waals surface area contributed by atoms with E-state index in [0.29, 0.717) is 37.4 Å². The lowest BCUT2D eigenvalue weighted by molar-refractivity contribution is -0.153. The van der Waals surface area contributed by atoms with Gasteiger partial charge in [-0.15, -0.1) is 24.0 Å². The van der Waals surface area contributed by atoms with Crippen molar-refractivity contribution in [1.82, 2.24) is 10.6 Å². The normalized spacial score (nSPS) is 12.9. The number of rotatable bonds is 12. The molecule has 1 rings (SSSR count). The Morgan fingerprint density at radius 2 is 1.90 bits per heavy atom. The van der Waals surface area contributed by atoms with E-state index in [1.54, 1.807) is 12.1 Å². The molecule has 0 aliphatic carbocycles. The van der Waals surface area contributed by atoms with Crippen molar-refractivity contribution < 1.29 is 27.8 Å². The summed E-state index contributed by atoms with van der Waals surface area (Å²) in [6.07, 6.45) is -2.69. The van der Waals surface area contributed by atoms with Crippen LogP contribution in [-0.2, 0) is 6.54 Å². The van der Waals surface area contributed by atoms with E-state index >= 15 is 0 Å². The topological polar surface area (TPSA) is 75.1 Å². The van der Waals surface area contributed by atoms with Crippen molar-refractivity contribution in [2.45, 2.75) is 46.3 Å². The molecule has 0 spiro atoms. The van der Waals surface area contributed by atoms with Crippen LogP contribution in [0.2, 0.25) is 0 Å². The van der Waals surface area contributed by atoms with Gasteiger partial charge < -0.3 is 25.2 Å². The maximum absolute atomic E-state index is 12.4. The van der Waals surface area contributed by atoms with Gasteiger partial charge in [0.1, 0.15) is 0 Å². The highest BCUT2D eigenvalue weighted by atomic mass is 127. The van der Waals surface area contributed by atoms with Crippen LogP contribution in [0.1, 0.15) is 39.2 Å². The van der Waals surface area contributed by atoms with Crippen molar-refractivity contribution >= 4 is 29.9 Å². The Kier molecular flexibility index (Phi) is 14.7. The van der Waals surface area contributed by atoms with Gasteiger partial charge in [-0.2, -0.15) is 13.2 Å². The minimum absolute atomic E-state index is 0. The van der Waals surface area contributed by atoms with E-state index in [4.69, 9.17) is 9.47 Å². The van der Waals surface area contributed by atoms with Crippen molar-refractivity contribution in [1.29, 1.82) is 0 Å². The number of halogens is 4. The van der Waals surface area contributed by atoms with Crippen LogP contribution >= 0.6 is 24.0 Å². The van der Waals surface area contributed by atoms with Gasteiger partial charge in [-0.05, 0) is 49.3 Å². The Hall–Kier alpha value is -1.43. The van der Waals surface area contributed by atoms with Gasteiger partial charge in [0.2, 0.25) is 0 Å². The van der Waals surface area contributed by atoms with Crippen molar-refractivity contribution in [3.63, 3.8) is 0 Å². The van der Waals surface area contributed by atoms with Gasteiger partial charge >= 0.3 is 6.18 Å². The summed E-state index contributed by atoms with van der Waals surface area (Å²) in [6, 6.07) is 4.73. The molecule has 0 saturated carbocycles. The summed E-state index contributed by atoms with van der Waals surface area (Å²) in [4.78, 5) is 4.54. The highest BCUT2D eigenvalue weighted by Crippen LogP contribution is 2.30. The lowest BCUT2D eigenvalue weighted by Crippen LogP contribution is -2.40. The monoisotopic (exact) mass is 561 g/mol. The van der Waals surface area contributed by atoms with Crippen LogP contribution in [0.5, 0.6) is 11.5 Å². The SMILES string of the molecule is CCNC(=NCc1ccc(OCC(F)(F)F)c(OC)c1)NCC(CCO)CC(C)C.I. The molecule has 1 aromatic rings. The number of methoxy groups -OCH3 is 1. The van der Waals surface area contributed by atoms with Gasteiger partial charge in [0.15, 0.2) is 24.1 Å². The molecule has 0 amide bonds. The maximum Gasteiger partial charge on any atom is 0.422 e. The van der Waals surface area contributed by atoms with E-state index in [2.05, 4.69) is 29.5 Å². The number of alkyl halides is 3. The molecule has 0 aromatic heterocycles. The second kappa shape index (κ2) is 15.4. The highest BCUT2D eigenvalue weighted by molar-refractivity contribution is 14.0. The van der Waals surface area contributed by atoms with Crippen molar-refractivity contribution in [2.75, 3.05) is 33.4 Å². The van der Waals surface area contributed by atoms with Crippen LogP contribution in [0.4, 0.5) is 13.2 Å². The summed E-state index contributed by atoms with van der Waals surface area (Å²) in [6.45, 7) is 6.74. The number of ether oxygens (including phenoxy) is 2. The summed E-state index contributed by atoms with van der Waals surface area (Å²) >= 11 is 0. The van der Waals surface area contributed by atoms with Crippen LogP contribution in [0.25, 0.3) is 0 Å². The quantitative estimate of drug-likeness (QED) is 0.201. The van der Waals surface area contributed by atoms with Gasteiger partial charge in [0.05, 0.1) is 13.7 Å². The molecule has 1 unspecified atom stereocenters. The average Bonchev–Trinajstić information content (AvgIpc) is 2.67. The first-order chi connectivity index (χ1) is 14.2. The van der Waals surface area contributed by atoms with E-state index in [9.17, 15) is 18.3 Å². The predicted octanol–water partition coefficient (Wildman–Crippen LogP) is 4.35. The molecule has 31 heavy (non-hydrogen) atoms. The zero-order chi connectivity index (χ0) is 22.6. The van der Waals surface area contributed by atoms with Gasteiger partial charge in [-0.1, -0.05) is 19.9 Å². The van der Waals surface area contributed by atoms with E-state index in [0.717, 1.165) is 18.4 Å². The van der Waals surface area contributed by atoms with Crippen LogP contribution in [0, 0.1) is 11.8 Å². The molecule has 0 saturated heterocycles. The third kappa shape index (κ3) is 12.9. The lowest BCUT2D eigenvalue weighted by atomic mass is 9.94. The fourth-order valence-corrected chi connectivity index (χ4v) is 2.99. The molecule has 1 atom stereocenters. The average molecular weight is 561 g/mol. The molecular weight excluding hydrogens is 526 g/mol. The number of hydrogen-bond donors (Lipinski definition) is 3. The van der Waals surface area contributed by atoms with Crippen LogP contribution in [0.15, 0.2) is 23.2 Å². The van der Waals surface area contributed by atoms with Crippen LogP contribution in [0.3, 0.4) is 0 Å². The molecular formula is C21H35F3IN3O3. The second-order valence-electron chi connectivity index (χ2n) is 7.47. The maximum atomic E-state index is 12.4. The standard InChI is InChI=1S/C21H34F3N3O3.HI/c1-5-25-20(27-13-17(8-9-28)10-15(2)3)26-12-16-6-7-18(19(11-16)29-4)30-14-21(22,23)24;/h6-7,11,15,17,28H,5,8-10,12-14H2,1-4H3,(H2,25,26,27);1H. The third-order valence-electron chi connectivity index (χ3n) is 4.28. The molecule has 1 aromatic carbocycles. The number of aliphatic hydroxyl groups is 1. The minimum Gasteiger partial charge on any atom is -0.493 e. The summed E-state index contributed by atoms with van der Waals surface area (Å²) < 4.78 is 47.1. The molecule has 0 radical (unpaired) electrons. The molecule has 0 bridgehead atoms. The smallest absolute Gasteiger partial charge is 0.422 e. The molecule has 0 aliphatic heterocycles. The number of hydrogen-bond acceptors (Lipinski definition) is 4. The Bertz CT molecular complexity index is 658. The fraction of sp³-hybridized carbons (Fsp3) is 0.667. The predicted molar refractivity (Wildman–Crippen MR) is 127 cm³/mol. The second-order valence-corrected chi connectivity index (χ2v) is 7.47. The molecule has 0 aliphatic rings. The van der Waals surface area contributed by atoms with E-state index in [-0.39, 0.29) is 42.1 Å². The highest BCUT2D eigenvalue weighted by Gasteiger charge is 2.29. The number of guanidine groups is 1. The Morgan fingerprint density at radius 3 is 2.45 bits per heavy atom. The van der Waals surface area contributed by atoms with Gasteiger partial charge in [0.25, 0.3) is 0 Å². The fourth-order valence-electron chi connectivity index (χ4n) is 2.99. The van der Waals surface area contributed by atoms with Gasteiger partial charge in [-0.25, -0.2) is 4.99 Å². The number of benzene rings is 1. The molecule has 0 heterocycles. The Balaban J connectivity index is 0.00000900. The van der Waals surface area contributed by atoms with Gasteiger partial charge in [-0.3, -0.25) is 0 Å². The van der Waals surface area contributed by atoms with Crippen molar-refractivity contribution in [2.24, 2.45) is 16.8 Å². The van der Waals surface area contributed by atoms with Crippen molar-refractivity contribution in [3.05, 3.63) is 23.8 Å². The molecule has 3 N–H and O–H groups in total. The van der Waals surface area contributed by atoms with Gasteiger partial charge in [0, 0.05) is 19.7 Å². The lowest BCUT2D eigenvalue weighted by Gasteiger charge is -2.20. The first-order valence-corrected chi connectivity index (χ1v) is 10.2. The first-order valence-electron chi connectivity index (χ1n) is 10.2. The number of aliphatic hydroxyl groups excluding tert-OH is 1. The zero-order valence-electron chi connectivity index (χ0n) is 18.6. The number of nitrogens with one attached hydrogen (secondary N) is 2. The van der Waals surface area contributed by atoms with Crippen molar-refractivity contribution in [3.8, 4) is 11.5 Å². The molecule has 10 heteroatoms. The zero-order valence-corrected chi connectivity index (χ0v) is 20.9. The third-order valence-corrected chi connectivity index (χ3v) is 4.28. The molecule has 180 valence electrons. The minimum atomic E-state index is -4.41. The largest absolute Gasteiger partial charge is 0.493 e. The number of nitrogens with zero attached hydrogens (tertiary/aromatic N) is 1. The first kappa shape index (κ1) is 29.6. The van der Waals surface area contributed by atoms with Crippen LogP contribution < -0.4 is 20.1 Å². The Labute approximate surface area is 200 Å².